The molecule has 0 atom stereocenters. The number of hydrogen-bond donors (Lipinski definition) is 1. The van der Waals surface area contributed by atoms with Gasteiger partial charge in [0.15, 0.2) is 0 Å². The summed E-state index contributed by atoms with van der Waals surface area (Å²) < 4.78 is 22.4. The molecule has 1 aromatic rings. The van der Waals surface area contributed by atoms with Crippen LogP contribution in [-0.4, -0.2) is 19.3 Å². The molecule has 0 fully saturated rings. The molecule has 15 heavy (non-hydrogen) atoms. The van der Waals surface area contributed by atoms with Crippen LogP contribution in [-0.2, 0) is 4.74 Å². The van der Waals surface area contributed by atoms with E-state index in [1.54, 1.807) is 13.0 Å². The number of amides is 1. The number of benzene rings is 1. The molecule has 1 aromatic carbocycles. The van der Waals surface area contributed by atoms with Crippen molar-refractivity contribution in [2.75, 3.05) is 13.2 Å². The Bertz CT molecular complexity index is 355. The van der Waals surface area contributed by atoms with Crippen LogP contribution in [0.15, 0.2) is 18.2 Å². The molecular formula is C10H12FNO3. The summed E-state index contributed by atoms with van der Waals surface area (Å²) in [5.74, 6) is 0.0643. The van der Waals surface area contributed by atoms with Crippen molar-refractivity contribution in [3.8, 4) is 5.75 Å². The van der Waals surface area contributed by atoms with Crippen LogP contribution in [0.5, 0.6) is 5.75 Å². The molecule has 0 aromatic heterocycles. The van der Waals surface area contributed by atoms with Gasteiger partial charge in [-0.05, 0) is 18.6 Å². The number of halogens is 1. The molecule has 0 spiro atoms. The molecule has 0 saturated carbocycles. The van der Waals surface area contributed by atoms with Crippen LogP contribution in [0.4, 0.5) is 9.18 Å². The first-order chi connectivity index (χ1) is 7.09. The summed E-state index contributed by atoms with van der Waals surface area (Å²) in [4.78, 5) is 10.2. The van der Waals surface area contributed by atoms with Crippen molar-refractivity contribution in [1.29, 1.82) is 0 Å². The van der Waals surface area contributed by atoms with Crippen molar-refractivity contribution in [2.45, 2.75) is 6.92 Å². The second-order valence-electron chi connectivity index (χ2n) is 2.93. The zero-order valence-electron chi connectivity index (χ0n) is 8.33. The highest BCUT2D eigenvalue weighted by Crippen LogP contribution is 2.18. The Morgan fingerprint density at radius 2 is 2.20 bits per heavy atom. The Kier molecular flexibility index (Phi) is 3.91. The number of carbonyl (C=O) groups excluding carboxylic acids is 1. The molecule has 0 aliphatic rings. The Morgan fingerprint density at radius 1 is 1.47 bits per heavy atom. The van der Waals surface area contributed by atoms with Crippen molar-refractivity contribution in [1.82, 2.24) is 0 Å². The van der Waals surface area contributed by atoms with Gasteiger partial charge < -0.3 is 15.2 Å². The lowest BCUT2D eigenvalue weighted by Crippen LogP contribution is -2.17. The van der Waals surface area contributed by atoms with Crippen molar-refractivity contribution in [2.24, 2.45) is 5.73 Å². The van der Waals surface area contributed by atoms with E-state index in [9.17, 15) is 9.18 Å². The molecule has 0 bridgehead atoms. The van der Waals surface area contributed by atoms with Crippen LogP contribution < -0.4 is 10.5 Å². The SMILES string of the molecule is Cc1ccc(F)cc1OCCOC(N)=O. The standard InChI is InChI=1S/C10H12FNO3/c1-7-2-3-8(11)6-9(7)14-4-5-15-10(12)13/h2-3,6H,4-5H2,1H3,(H2,12,13). The van der Waals surface area contributed by atoms with E-state index < -0.39 is 6.09 Å². The van der Waals surface area contributed by atoms with Gasteiger partial charge in [-0.3, -0.25) is 0 Å². The molecule has 82 valence electrons. The third-order valence-corrected chi connectivity index (χ3v) is 1.74. The maximum Gasteiger partial charge on any atom is 0.404 e. The summed E-state index contributed by atoms with van der Waals surface area (Å²) in [6.45, 7) is 1.99. The minimum Gasteiger partial charge on any atom is -0.490 e. The quantitative estimate of drug-likeness (QED) is 0.773. The fraction of sp³-hybridized carbons (Fsp3) is 0.300. The minimum absolute atomic E-state index is 0.0469. The molecule has 1 amide bonds. The van der Waals surface area contributed by atoms with Gasteiger partial charge in [-0.25, -0.2) is 9.18 Å². The van der Waals surface area contributed by atoms with Gasteiger partial charge in [0.05, 0.1) is 0 Å². The van der Waals surface area contributed by atoms with Gasteiger partial charge in [0, 0.05) is 6.07 Å². The van der Waals surface area contributed by atoms with Gasteiger partial charge in [0.25, 0.3) is 0 Å². The van der Waals surface area contributed by atoms with Crippen LogP contribution in [0, 0.1) is 12.7 Å². The maximum absolute atomic E-state index is 12.8. The van der Waals surface area contributed by atoms with Gasteiger partial charge in [-0.2, -0.15) is 0 Å². The van der Waals surface area contributed by atoms with E-state index in [1.165, 1.54) is 12.1 Å². The lowest BCUT2D eigenvalue weighted by molar-refractivity contribution is 0.133. The monoisotopic (exact) mass is 213 g/mol. The minimum atomic E-state index is -0.852. The van der Waals surface area contributed by atoms with Crippen molar-refractivity contribution < 1.29 is 18.7 Å². The summed E-state index contributed by atoms with van der Waals surface area (Å²) in [7, 11) is 0. The van der Waals surface area contributed by atoms with E-state index in [1.807, 2.05) is 0 Å². The lowest BCUT2D eigenvalue weighted by atomic mass is 10.2. The predicted molar refractivity (Wildman–Crippen MR) is 52.2 cm³/mol. The highest BCUT2D eigenvalue weighted by Gasteiger charge is 2.01. The van der Waals surface area contributed by atoms with Gasteiger partial charge in [0.1, 0.15) is 24.8 Å². The van der Waals surface area contributed by atoms with Gasteiger partial charge >= 0.3 is 6.09 Å². The van der Waals surface area contributed by atoms with Crippen molar-refractivity contribution >= 4 is 6.09 Å². The van der Waals surface area contributed by atoms with E-state index in [-0.39, 0.29) is 19.0 Å². The van der Waals surface area contributed by atoms with E-state index in [2.05, 4.69) is 4.74 Å². The lowest BCUT2D eigenvalue weighted by Gasteiger charge is -2.08. The fourth-order valence-corrected chi connectivity index (χ4v) is 1.02. The van der Waals surface area contributed by atoms with Crippen LogP contribution in [0.1, 0.15) is 5.56 Å². The molecule has 2 N–H and O–H groups in total. The summed E-state index contributed by atoms with van der Waals surface area (Å²) in [5, 5.41) is 0. The second kappa shape index (κ2) is 5.19. The Balaban J connectivity index is 2.43. The maximum atomic E-state index is 12.8. The molecule has 0 aliphatic heterocycles. The molecule has 0 unspecified atom stereocenters. The van der Waals surface area contributed by atoms with Crippen molar-refractivity contribution in [3.63, 3.8) is 0 Å². The Labute approximate surface area is 86.8 Å². The third-order valence-electron chi connectivity index (χ3n) is 1.74. The number of hydrogen-bond acceptors (Lipinski definition) is 3. The second-order valence-corrected chi connectivity index (χ2v) is 2.93. The first kappa shape index (κ1) is 11.3. The van der Waals surface area contributed by atoms with Crippen molar-refractivity contribution in [3.05, 3.63) is 29.6 Å². The van der Waals surface area contributed by atoms with E-state index in [4.69, 9.17) is 10.5 Å². The van der Waals surface area contributed by atoms with Gasteiger partial charge in [-0.15, -0.1) is 0 Å². The van der Waals surface area contributed by atoms with Crippen LogP contribution in [0.3, 0.4) is 0 Å². The smallest absolute Gasteiger partial charge is 0.404 e. The molecule has 0 saturated heterocycles. The van der Waals surface area contributed by atoms with Crippen LogP contribution >= 0.6 is 0 Å². The summed E-state index contributed by atoms with van der Waals surface area (Å²) in [5.41, 5.74) is 5.56. The van der Waals surface area contributed by atoms with E-state index in [0.717, 1.165) is 5.56 Å². The number of aryl methyl sites for hydroxylation is 1. The van der Waals surface area contributed by atoms with Gasteiger partial charge in [0.2, 0.25) is 0 Å². The first-order valence-corrected chi connectivity index (χ1v) is 4.41. The van der Waals surface area contributed by atoms with E-state index >= 15 is 0 Å². The predicted octanol–water partition coefficient (Wildman–Crippen LogP) is 1.61. The highest BCUT2D eigenvalue weighted by atomic mass is 19.1. The summed E-state index contributed by atoms with van der Waals surface area (Å²) >= 11 is 0. The molecule has 1 rings (SSSR count). The molecule has 0 aliphatic carbocycles. The zero-order valence-corrected chi connectivity index (χ0v) is 8.33. The number of carbonyl (C=O) groups is 1. The number of rotatable bonds is 4. The summed E-state index contributed by atoms with van der Waals surface area (Å²) in [6.07, 6.45) is -0.852. The third kappa shape index (κ3) is 3.84. The Hall–Kier alpha value is -1.78. The largest absolute Gasteiger partial charge is 0.490 e. The highest BCUT2D eigenvalue weighted by molar-refractivity contribution is 5.64. The number of ether oxygens (including phenoxy) is 2. The average Bonchev–Trinajstić information content (AvgIpc) is 2.17. The molecule has 4 nitrogen and oxygen atoms in total. The average molecular weight is 213 g/mol. The first-order valence-electron chi connectivity index (χ1n) is 4.41. The van der Waals surface area contributed by atoms with E-state index in [0.29, 0.717) is 5.75 Å². The number of nitrogens with two attached hydrogens (primary N) is 1. The number of primary amides is 1. The van der Waals surface area contributed by atoms with Crippen LogP contribution in [0.2, 0.25) is 0 Å². The molecule has 5 heteroatoms. The summed E-state index contributed by atoms with van der Waals surface area (Å²) in [6, 6.07) is 4.24. The zero-order chi connectivity index (χ0) is 11.3. The topological polar surface area (TPSA) is 61.6 Å². The molecule has 0 radical (unpaired) electrons. The normalized spacial score (nSPS) is 9.73. The molecular weight excluding hydrogens is 201 g/mol. The van der Waals surface area contributed by atoms with Crippen LogP contribution in [0.25, 0.3) is 0 Å². The Morgan fingerprint density at radius 3 is 2.87 bits per heavy atom. The fourth-order valence-electron chi connectivity index (χ4n) is 1.02. The molecule has 0 heterocycles. The van der Waals surface area contributed by atoms with Gasteiger partial charge in [-0.1, -0.05) is 6.07 Å².